The summed E-state index contributed by atoms with van der Waals surface area (Å²) in [6, 6.07) is 4.49. The molecule has 1 aliphatic heterocycles. The zero-order valence-electron chi connectivity index (χ0n) is 11.3. The van der Waals surface area contributed by atoms with E-state index in [9.17, 15) is 20.7 Å². The molecule has 0 N–H and O–H groups in total. The molecule has 2 atom stereocenters. The molecule has 116 valence electrons. The van der Waals surface area contributed by atoms with Crippen LogP contribution in [0.2, 0.25) is 0 Å². The number of benzene rings is 1. The Kier molecular flexibility index (Phi) is 3.58. The number of nitrogens with zero attached hydrogens (tertiary/aromatic N) is 1. The van der Waals surface area contributed by atoms with Crippen LogP contribution in [0.25, 0.3) is 0 Å². The van der Waals surface area contributed by atoms with Crippen LogP contribution in [0.4, 0.5) is 3.89 Å². The molecular weight excluding hydrogens is 317 g/mol. The van der Waals surface area contributed by atoms with Crippen LogP contribution >= 0.6 is 0 Å². The second-order valence-corrected chi connectivity index (χ2v) is 8.97. The van der Waals surface area contributed by atoms with Crippen molar-refractivity contribution in [1.82, 2.24) is 4.31 Å². The first-order valence-corrected chi connectivity index (χ1v) is 9.66. The quantitative estimate of drug-likeness (QED) is 0.790. The minimum absolute atomic E-state index is 0.166. The summed E-state index contributed by atoms with van der Waals surface area (Å²) in [5.74, 6) is 0.792. The van der Waals surface area contributed by atoms with E-state index >= 15 is 0 Å². The third kappa shape index (κ3) is 2.72. The van der Waals surface area contributed by atoms with Gasteiger partial charge >= 0.3 is 10.2 Å². The van der Waals surface area contributed by atoms with Crippen molar-refractivity contribution in [3.63, 3.8) is 0 Å². The van der Waals surface area contributed by atoms with E-state index in [2.05, 4.69) is 0 Å². The Morgan fingerprint density at radius 2 is 1.57 bits per heavy atom. The van der Waals surface area contributed by atoms with Gasteiger partial charge in [0.25, 0.3) is 0 Å². The van der Waals surface area contributed by atoms with Gasteiger partial charge in [0.1, 0.15) is 0 Å². The summed E-state index contributed by atoms with van der Waals surface area (Å²) < 4.78 is 61.4. The SMILES string of the molecule is O=S(=O)(F)c1cccc(S(=O)(=O)N2CC3CCCC3C2)c1. The molecule has 3 rings (SSSR count). The molecule has 1 aromatic rings. The van der Waals surface area contributed by atoms with Crippen LogP contribution in [-0.2, 0) is 20.2 Å². The van der Waals surface area contributed by atoms with E-state index in [4.69, 9.17) is 0 Å². The average Bonchev–Trinajstić information content (AvgIpc) is 2.98. The van der Waals surface area contributed by atoms with Crippen molar-refractivity contribution in [1.29, 1.82) is 0 Å². The number of fused-ring (bicyclic) bond motifs is 1. The van der Waals surface area contributed by atoms with Crippen molar-refractivity contribution < 1.29 is 20.7 Å². The van der Waals surface area contributed by atoms with E-state index in [0.29, 0.717) is 24.9 Å². The summed E-state index contributed by atoms with van der Waals surface area (Å²) in [6.45, 7) is 0.944. The molecule has 1 aromatic carbocycles. The standard InChI is InChI=1S/C13H16FNO4S2/c14-20(16,17)12-5-2-6-13(7-12)21(18,19)15-8-10-3-1-4-11(10)9-15/h2,5-7,10-11H,1,3-4,8-9H2. The van der Waals surface area contributed by atoms with Crippen LogP contribution < -0.4 is 0 Å². The minimum Gasteiger partial charge on any atom is -0.207 e. The van der Waals surface area contributed by atoms with E-state index in [0.717, 1.165) is 31.4 Å². The highest BCUT2D eigenvalue weighted by Gasteiger charge is 2.41. The molecule has 21 heavy (non-hydrogen) atoms. The maximum atomic E-state index is 13.0. The normalized spacial score (nSPS) is 26.9. The summed E-state index contributed by atoms with van der Waals surface area (Å²) in [5, 5.41) is 0. The number of halogens is 1. The second-order valence-electron chi connectivity index (χ2n) is 5.69. The zero-order chi connectivity index (χ0) is 15.3. The fourth-order valence-corrected chi connectivity index (χ4v) is 5.51. The van der Waals surface area contributed by atoms with Gasteiger partial charge in [-0.15, -0.1) is 3.89 Å². The topological polar surface area (TPSA) is 71.5 Å². The van der Waals surface area contributed by atoms with Gasteiger partial charge in [-0.2, -0.15) is 12.7 Å². The lowest BCUT2D eigenvalue weighted by atomic mass is 10.0. The molecular formula is C13H16FNO4S2. The van der Waals surface area contributed by atoms with Crippen LogP contribution in [0, 0.1) is 11.8 Å². The average molecular weight is 333 g/mol. The van der Waals surface area contributed by atoms with Gasteiger partial charge in [-0.1, -0.05) is 12.5 Å². The highest BCUT2D eigenvalue weighted by atomic mass is 32.3. The molecule has 0 bridgehead atoms. The summed E-state index contributed by atoms with van der Waals surface area (Å²) in [7, 11) is -8.67. The largest absolute Gasteiger partial charge is 0.332 e. The van der Waals surface area contributed by atoms with Gasteiger partial charge in [-0.25, -0.2) is 8.42 Å². The van der Waals surface area contributed by atoms with E-state index in [1.807, 2.05) is 0 Å². The minimum atomic E-state index is -4.91. The smallest absolute Gasteiger partial charge is 0.207 e. The molecule has 2 fully saturated rings. The zero-order valence-corrected chi connectivity index (χ0v) is 12.9. The first-order valence-electron chi connectivity index (χ1n) is 6.83. The maximum absolute atomic E-state index is 13.0. The fourth-order valence-electron chi connectivity index (χ4n) is 3.32. The molecule has 2 aliphatic rings. The van der Waals surface area contributed by atoms with Gasteiger partial charge < -0.3 is 0 Å². The van der Waals surface area contributed by atoms with E-state index in [-0.39, 0.29) is 4.90 Å². The summed E-state index contributed by atoms with van der Waals surface area (Å²) in [6.07, 6.45) is 3.21. The lowest BCUT2D eigenvalue weighted by molar-refractivity contribution is 0.445. The van der Waals surface area contributed by atoms with E-state index in [1.165, 1.54) is 16.4 Å². The Balaban J connectivity index is 1.92. The number of hydrogen-bond acceptors (Lipinski definition) is 4. The van der Waals surface area contributed by atoms with Crippen LogP contribution in [0.3, 0.4) is 0 Å². The van der Waals surface area contributed by atoms with Crippen molar-refractivity contribution in [2.45, 2.75) is 29.1 Å². The number of hydrogen-bond donors (Lipinski definition) is 0. The van der Waals surface area contributed by atoms with Crippen molar-refractivity contribution in [3.05, 3.63) is 24.3 Å². The third-order valence-corrected chi connectivity index (χ3v) is 7.06. The van der Waals surface area contributed by atoms with Crippen LogP contribution in [-0.4, -0.2) is 34.2 Å². The summed E-state index contributed by atoms with van der Waals surface area (Å²) in [5.41, 5.74) is 0. The van der Waals surface area contributed by atoms with Gasteiger partial charge in [0.2, 0.25) is 10.0 Å². The molecule has 1 saturated carbocycles. The van der Waals surface area contributed by atoms with Crippen molar-refractivity contribution in [3.8, 4) is 0 Å². The van der Waals surface area contributed by atoms with Crippen molar-refractivity contribution in [2.75, 3.05) is 13.1 Å². The lowest BCUT2D eigenvalue weighted by Gasteiger charge is -2.17. The maximum Gasteiger partial charge on any atom is 0.332 e. The van der Waals surface area contributed by atoms with Gasteiger partial charge in [0, 0.05) is 13.1 Å². The highest BCUT2D eigenvalue weighted by molar-refractivity contribution is 7.89. The van der Waals surface area contributed by atoms with Crippen LogP contribution in [0.5, 0.6) is 0 Å². The Labute approximate surface area is 124 Å². The number of sulfonamides is 1. The molecule has 0 radical (unpaired) electrons. The molecule has 0 amide bonds. The fraction of sp³-hybridized carbons (Fsp3) is 0.538. The molecule has 1 aliphatic carbocycles. The Morgan fingerprint density at radius 3 is 2.14 bits per heavy atom. The third-order valence-electron chi connectivity index (χ3n) is 4.42. The first-order chi connectivity index (χ1) is 9.78. The Bertz CT molecular complexity index is 748. The van der Waals surface area contributed by atoms with Gasteiger partial charge in [-0.3, -0.25) is 0 Å². The second kappa shape index (κ2) is 5.03. The molecule has 5 nitrogen and oxygen atoms in total. The van der Waals surface area contributed by atoms with Gasteiger partial charge in [0.15, 0.2) is 0 Å². The number of rotatable bonds is 3. The molecule has 8 heteroatoms. The van der Waals surface area contributed by atoms with E-state index < -0.39 is 25.1 Å². The molecule has 2 unspecified atom stereocenters. The summed E-state index contributed by atoms with van der Waals surface area (Å²) >= 11 is 0. The first kappa shape index (κ1) is 14.9. The van der Waals surface area contributed by atoms with Gasteiger partial charge in [0.05, 0.1) is 9.79 Å². The molecule has 1 heterocycles. The van der Waals surface area contributed by atoms with Crippen LogP contribution in [0.1, 0.15) is 19.3 Å². The Hall–Kier alpha value is -0.990. The predicted octanol–water partition coefficient (Wildman–Crippen LogP) is 1.77. The van der Waals surface area contributed by atoms with E-state index in [1.54, 1.807) is 0 Å². The highest BCUT2D eigenvalue weighted by Crippen LogP contribution is 2.39. The van der Waals surface area contributed by atoms with Gasteiger partial charge in [-0.05, 0) is 42.9 Å². The Morgan fingerprint density at radius 1 is 1.00 bits per heavy atom. The predicted molar refractivity (Wildman–Crippen MR) is 74.3 cm³/mol. The van der Waals surface area contributed by atoms with Crippen LogP contribution in [0.15, 0.2) is 34.1 Å². The molecule has 0 aromatic heterocycles. The molecule has 0 spiro atoms. The lowest BCUT2D eigenvalue weighted by Crippen LogP contribution is -2.29. The van der Waals surface area contributed by atoms with Crippen molar-refractivity contribution in [2.24, 2.45) is 11.8 Å². The monoisotopic (exact) mass is 333 g/mol. The summed E-state index contributed by atoms with van der Waals surface area (Å²) in [4.78, 5) is -0.788. The van der Waals surface area contributed by atoms with Crippen molar-refractivity contribution >= 4 is 20.2 Å². The molecule has 1 saturated heterocycles.